The fourth-order valence-corrected chi connectivity index (χ4v) is 3.77. The normalized spacial score (nSPS) is 10.7. The summed E-state index contributed by atoms with van der Waals surface area (Å²) in [5.74, 6) is -1.10. The number of nitriles is 1. The van der Waals surface area contributed by atoms with Crippen molar-refractivity contribution >= 4 is 33.8 Å². The molecule has 2 aromatic heterocycles. The smallest absolute Gasteiger partial charge is 0.270 e. The van der Waals surface area contributed by atoms with Gasteiger partial charge in [-0.1, -0.05) is 35.1 Å². The van der Waals surface area contributed by atoms with Crippen LogP contribution in [0.15, 0.2) is 29.1 Å². The summed E-state index contributed by atoms with van der Waals surface area (Å²) in [4.78, 5) is 29.2. The summed E-state index contributed by atoms with van der Waals surface area (Å²) in [5.41, 5.74) is 0.0655. The first kappa shape index (κ1) is 18.0. The molecule has 1 N–H and O–H groups in total. The van der Waals surface area contributed by atoms with Crippen molar-refractivity contribution in [2.75, 3.05) is 6.54 Å². The molecule has 0 aliphatic carbocycles. The highest BCUT2D eigenvalue weighted by molar-refractivity contribution is 7.21. The van der Waals surface area contributed by atoms with Crippen LogP contribution in [0.25, 0.3) is 4.96 Å². The van der Waals surface area contributed by atoms with Crippen LogP contribution in [0.4, 0.5) is 4.39 Å². The zero-order valence-corrected chi connectivity index (χ0v) is 15.1. The molecular weight excluding hydrogens is 379 g/mol. The van der Waals surface area contributed by atoms with E-state index in [4.69, 9.17) is 16.9 Å². The number of carbonyl (C=O) groups is 1. The number of fused-ring (bicyclic) bond motifs is 1. The molecule has 0 saturated carbocycles. The van der Waals surface area contributed by atoms with Gasteiger partial charge in [-0.3, -0.25) is 9.59 Å². The van der Waals surface area contributed by atoms with Crippen molar-refractivity contribution in [2.24, 2.45) is 0 Å². The number of nitrogens with zero attached hydrogens (tertiary/aromatic N) is 3. The topological polar surface area (TPSA) is 87.3 Å². The van der Waals surface area contributed by atoms with E-state index >= 15 is 0 Å². The quantitative estimate of drug-likeness (QED) is 0.742. The lowest BCUT2D eigenvalue weighted by atomic mass is 10.1. The molecule has 1 amide bonds. The number of carbonyl (C=O) groups excluding carboxylic acids is 1. The molecule has 0 bridgehead atoms. The van der Waals surface area contributed by atoms with Crippen LogP contribution < -0.4 is 10.9 Å². The lowest BCUT2D eigenvalue weighted by Crippen LogP contribution is -2.28. The fraction of sp³-hybridized carbons (Fsp3) is 0.176. The van der Waals surface area contributed by atoms with Gasteiger partial charge in [-0.05, 0) is 18.6 Å². The number of amides is 1. The van der Waals surface area contributed by atoms with Crippen LogP contribution in [0.3, 0.4) is 0 Å². The molecule has 9 heteroatoms. The van der Waals surface area contributed by atoms with Crippen molar-refractivity contribution < 1.29 is 9.18 Å². The Labute approximate surface area is 156 Å². The molecule has 0 unspecified atom stereocenters. The standard InChI is InChI=1S/C17H12ClFN4O2S/c1-2-21-16(25)14-15(18)26-17-22-11(7-12(24)23(14)17)6-9-4-3-5-10(8-20)13(9)19/h3-5,7H,2,6H2,1H3,(H,21,25). The Kier molecular flexibility index (Phi) is 5.02. The molecule has 3 aromatic rings. The fourth-order valence-electron chi connectivity index (χ4n) is 2.52. The van der Waals surface area contributed by atoms with Gasteiger partial charge >= 0.3 is 0 Å². The van der Waals surface area contributed by atoms with Crippen LogP contribution in [-0.4, -0.2) is 21.8 Å². The maximum Gasteiger partial charge on any atom is 0.270 e. The molecule has 0 atom stereocenters. The van der Waals surface area contributed by atoms with Gasteiger partial charge in [0.2, 0.25) is 0 Å². The monoisotopic (exact) mass is 390 g/mol. The highest BCUT2D eigenvalue weighted by Gasteiger charge is 2.20. The summed E-state index contributed by atoms with van der Waals surface area (Å²) in [6.07, 6.45) is 0.0408. The second-order valence-corrected chi connectivity index (χ2v) is 6.93. The van der Waals surface area contributed by atoms with Crippen molar-refractivity contribution in [3.05, 3.63) is 67.3 Å². The Bertz CT molecular complexity index is 1120. The minimum Gasteiger partial charge on any atom is -0.351 e. The van der Waals surface area contributed by atoms with Crippen LogP contribution in [0, 0.1) is 17.1 Å². The van der Waals surface area contributed by atoms with E-state index in [1.165, 1.54) is 18.2 Å². The molecular formula is C17H12ClFN4O2S. The predicted octanol–water partition coefficient (Wildman–Crippen LogP) is 2.76. The lowest BCUT2D eigenvalue weighted by Gasteiger charge is -2.05. The third kappa shape index (κ3) is 3.19. The Morgan fingerprint density at radius 3 is 2.96 bits per heavy atom. The number of benzene rings is 1. The molecule has 132 valence electrons. The van der Waals surface area contributed by atoms with E-state index < -0.39 is 17.3 Å². The van der Waals surface area contributed by atoms with E-state index in [9.17, 15) is 14.0 Å². The van der Waals surface area contributed by atoms with Crippen LogP contribution in [0.2, 0.25) is 4.34 Å². The molecule has 0 radical (unpaired) electrons. The van der Waals surface area contributed by atoms with Crippen LogP contribution >= 0.6 is 22.9 Å². The van der Waals surface area contributed by atoms with Crippen LogP contribution in [0.1, 0.15) is 34.2 Å². The van der Waals surface area contributed by atoms with E-state index in [1.54, 1.807) is 19.1 Å². The molecule has 0 fully saturated rings. The number of aromatic nitrogens is 2. The molecule has 0 spiro atoms. The van der Waals surface area contributed by atoms with E-state index in [0.717, 1.165) is 15.7 Å². The predicted molar refractivity (Wildman–Crippen MR) is 96.3 cm³/mol. The van der Waals surface area contributed by atoms with Gasteiger partial charge in [-0.25, -0.2) is 13.8 Å². The molecule has 6 nitrogen and oxygen atoms in total. The molecule has 0 aliphatic heterocycles. The average molecular weight is 391 g/mol. The van der Waals surface area contributed by atoms with Gasteiger partial charge in [0.1, 0.15) is 21.9 Å². The maximum absolute atomic E-state index is 14.2. The van der Waals surface area contributed by atoms with E-state index in [0.29, 0.717) is 12.2 Å². The van der Waals surface area contributed by atoms with Crippen molar-refractivity contribution in [1.82, 2.24) is 14.7 Å². The summed E-state index contributed by atoms with van der Waals surface area (Å²) in [7, 11) is 0. The number of hydrogen-bond acceptors (Lipinski definition) is 5. The van der Waals surface area contributed by atoms with E-state index in [2.05, 4.69) is 10.3 Å². The zero-order valence-electron chi connectivity index (χ0n) is 13.5. The summed E-state index contributed by atoms with van der Waals surface area (Å²) in [6, 6.07) is 7.48. The first-order valence-corrected chi connectivity index (χ1v) is 8.82. The molecule has 1 aromatic carbocycles. The summed E-state index contributed by atoms with van der Waals surface area (Å²) in [5, 5.41) is 11.5. The lowest BCUT2D eigenvalue weighted by molar-refractivity contribution is 0.0950. The van der Waals surface area contributed by atoms with Gasteiger partial charge in [0.25, 0.3) is 11.5 Å². The molecule has 0 aliphatic rings. The molecule has 3 rings (SSSR count). The molecule has 0 saturated heterocycles. The van der Waals surface area contributed by atoms with Gasteiger partial charge in [0.15, 0.2) is 4.96 Å². The highest BCUT2D eigenvalue weighted by Crippen LogP contribution is 2.26. The first-order chi connectivity index (χ1) is 12.5. The minimum absolute atomic E-state index is 0.0372. The van der Waals surface area contributed by atoms with Gasteiger partial charge in [-0.2, -0.15) is 5.26 Å². The summed E-state index contributed by atoms with van der Waals surface area (Å²) < 4.78 is 15.5. The van der Waals surface area contributed by atoms with Crippen LogP contribution in [-0.2, 0) is 6.42 Å². The van der Waals surface area contributed by atoms with E-state index in [-0.39, 0.29) is 32.5 Å². The average Bonchev–Trinajstić information content (AvgIpc) is 2.93. The Morgan fingerprint density at radius 1 is 1.50 bits per heavy atom. The Hall–Kier alpha value is -2.76. The number of rotatable bonds is 4. The van der Waals surface area contributed by atoms with E-state index in [1.807, 2.05) is 0 Å². The third-order valence-corrected chi connectivity index (χ3v) is 4.89. The summed E-state index contributed by atoms with van der Waals surface area (Å²) >= 11 is 7.10. The Morgan fingerprint density at radius 2 is 2.27 bits per heavy atom. The summed E-state index contributed by atoms with van der Waals surface area (Å²) in [6.45, 7) is 2.14. The number of halogens is 2. The molecule has 26 heavy (non-hydrogen) atoms. The number of hydrogen-bond donors (Lipinski definition) is 1. The Balaban J connectivity index is 2.07. The van der Waals surface area contributed by atoms with Gasteiger partial charge in [0, 0.05) is 19.0 Å². The van der Waals surface area contributed by atoms with Gasteiger partial charge in [-0.15, -0.1) is 0 Å². The number of nitrogens with one attached hydrogen (secondary N) is 1. The van der Waals surface area contributed by atoms with Crippen molar-refractivity contribution in [3.8, 4) is 6.07 Å². The SMILES string of the molecule is CCNC(=O)c1c(Cl)sc2nc(Cc3cccc(C#N)c3F)cc(=O)n12. The van der Waals surface area contributed by atoms with Crippen molar-refractivity contribution in [1.29, 1.82) is 5.26 Å². The second-order valence-electron chi connectivity index (χ2n) is 5.35. The maximum atomic E-state index is 14.2. The largest absolute Gasteiger partial charge is 0.351 e. The minimum atomic E-state index is -0.635. The molecule has 2 heterocycles. The van der Waals surface area contributed by atoms with Crippen LogP contribution in [0.5, 0.6) is 0 Å². The first-order valence-electron chi connectivity index (χ1n) is 7.63. The van der Waals surface area contributed by atoms with Crippen molar-refractivity contribution in [3.63, 3.8) is 0 Å². The zero-order chi connectivity index (χ0) is 18.8. The third-order valence-electron chi connectivity index (χ3n) is 3.65. The van der Waals surface area contributed by atoms with Crippen molar-refractivity contribution in [2.45, 2.75) is 13.3 Å². The van der Waals surface area contributed by atoms with Gasteiger partial charge in [0.05, 0.1) is 11.3 Å². The van der Waals surface area contributed by atoms with Gasteiger partial charge < -0.3 is 5.32 Å². The number of thiazole rings is 1. The second kappa shape index (κ2) is 7.23. The highest BCUT2D eigenvalue weighted by atomic mass is 35.5.